The van der Waals surface area contributed by atoms with Crippen LogP contribution in [0, 0.1) is 0 Å². The fraction of sp³-hybridized carbons (Fsp3) is 0.462. The SMILES string of the molecule is CCOC(=O)C(=NOC(=O)ON=C(C(C)=O)C(=O)OCC)C(C)=O. The maximum atomic E-state index is 11.4. The zero-order valence-electron chi connectivity index (χ0n) is 13.5. The molecule has 11 heteroatoms. The molecular formula is C13H16N2O9. The number of ketones is 2. The van der Waals surface area contributed by atoms with E-state index in [1.54, 1.807) is 0 Å². The van der Waals surface area contributed by atoms with Gasteiger partial charge in [0.25, 0.3) is 0 Å². The van der Waals surface area contributed by atoms with Crippen molar-refractivity contribution in [1.82, 2.24) is 0 Å². The Labute approximate surface area is 136 Å². The van der Waals surface area contributed by atoms with Gasteiger partial charge in [0, 0.05) is 13.8 Å². The van der Waals surface area contributed by atoms with Gasteiger partial charge in [0.1, 0.15) is 0 Å². The zero-order chi connectivity index (χ0) is 18.7. The van der Waals surface area contributed by atoms with Crippen molar-refractivity contribution >= 4 is 41.1 Å². The van der Waals surface area contributed by atoms with Crippen molar-refractivity contribution in [3.63, 3.8) is 0 Å². The number of rotatable bonds is 8. The van der Waals surface area contributed by atoms with Crippen LogP contribution in [-0.2, 0) is 38.3 Å². The van der Waals surface area contributed by atoms with Gasteiger partial charge in [-0.05, 0) is 13.8 Å². The number of Topliss-reactive ketones (excluding diaryl/α,β-unsaturated/α-hetero) is 2. The van der Waals surface area contributed by atoms with E-state index in [9.17, 15) is 24.0 Å². The van der Waals surface area contributed by atoms with Gasteiger partial charge in [-0.25, -0.2) is 9.59 Å². The van der Waals surface area contributed by atoms with Crippen LogP contribution in [0.2, 0.25) is 0 Å². The van der Waals surface area contributed by atoms with Crippen LogP contribution in [0.25, 0.3) is 0 Å². The molecule has 0 aromatic carbocycles. The molecule has 0 saturated heterocycles. The Morgan fingerprint density at radius 2 is 1.04 bits per heavy atom. The number of oxime groups is 2. The number of esters is 2. The first kappa shape index (κ1) is 20.9. The average Bonchev–Trinajstić information content (AvgIpc) is 2.47. The lowest BCUT2D eigenvalue weighted by Gasteiger charge is -2.02. The molecule has 0 aliphatic rings. The minimum atomic E-state index is -1.60. The summed E-state index contributed by atoms with van der Waals surface area (Å²) < 4.78 is 9.06. The van der Waals surface area contributed by atoms with Crippen LogP contribution >= 0.6 is 0 Å². The predicted molar refractivity (Wildman–Crippen MR) is 77.1 cm³/mol. The van der Waals surface area contributed by atoms with Crippen molar-refractivity contribution in [3.05, 3.63) is 0 Å². The van der Waals surface area contributed by atoms with E-state index in [0.717, 1.165) is 13.8 Å². The summed E-state index contributed by atoms with van der Waals surface area (Å²) in [6.07, 6.45) is -1.60. The first-order valence-corrected chi connectivity index (χ1v) is 6.64. The van der Waals surface area contributed by atoms with Gasteiger partial charge >= 0.3 is 18.1 Å². The third-order valence-electron chi connectivity index (χ3n) is 2.03. The summed E-state index contributed by atoms with van der Waals surface area (Å²) in [7, 11) is 0. The standard InChI is InChI=1S/C13H16N2O9/c1-5-21-11(18)9(7(3)16)14-23-13(20)24-15-10(8(4)17)12(19)22-6-2/h5-6H2,1-4H3. The fourth-order valence-corrected chi connectivity index (χ4v) is 1.07. The molecule has 0 N–H and O–H groups in total. The van der Waals surface area contributed by atoms with Crippen molar-refractivity contribution in [3.8, 4) is 0 Å². The number of carbonyl (C=O) groups excluding carboxylic acids is 5. The van der Waals surface area contributed by atoms with Gasteiger partial charge in [0.15, 0.2) is 11.6 Å². The maximum absolute atomic E-state index is 11.4. The Kier molecular flexibility index (Phi) is 9.22. The van der Waals surface area contributed by atoms with Crippen LogP contribution < -0.4 is 0 Å². The summed E-state index contributed by atoms with van der Waals surface area (Å²) in [5.74, 6) is -3.84. The van der Waals surface area contributed by atoms with Gasteiger partial charge in [-0.15, -0.1) is 0 Å². The van der Waals surface area contributed by atoms with Gasteiger partial charge in [0.2, 0.25) is 11.4 Å². The van der Waals surface area contributed by atoms with Crippen LogP contribution in [0.1, 0.15) is 27.7 Å². The number of carbonyl (C=O) groups is 5. The Bertz CT molecular complexity index is 542. The molecule has 0 aromatic rings. The first-order chi connectivity index (χ1) is 11.2. The molecule has 0 saturated carbocycles. The highest BCUT2D eigenvalue weighted by Gasteiger charge is 2.22. The van der Waals surface area contributed by atoms with Gasteiger partial charge in [-0.1, -0.05) is 10.3 Å². The van der Waals surface area contributed by atoms with Crippen molar-refractivity contribution < 1.29 is 43.1 Å². The van der Waals surface area contributed by atoms with Crippen LogP contribution in [0.3, 0.4) is 0 Å². The fourth-order valence-electron chi connectivity index (χ4n) is 1.07. The average molecular weight is 344 g/mol. The summed E-state index contributed by atoms with van der Waals surface area (Å²) >= 11 is 0. The summed E-state index contributed by atoms with van der Waals surface area (Å²) in [6, 6.07) is 0. The molecule has 0 spiro atoms. The van der Waals surface area contributed by atoms with Crippen LogP contribution in [0.15, 0.2) is 10.3 Å². The molecule has 0 aliphatic heterocycles. The minimum absolute atomic E-state index is 0.0264. The lowest BCUT2D eigenvalue weighted by Crippen LogP contribution is -2.26. The molecule has 24 heavy (non-hydrogen) atoms. The summed E-state index contributed by atoms with van der Waals surface area (Å²) in [5.41, 5.74) is -1.56. The smallest absolute Gasteiger partial charge is 0.461 e. The number of ether oxygens (including phenoxy) is 2. The third-order valence-corrected chi connectivity index (χ3v) is 2.03. The summed E-state index contributed by atoms with van der Waals surface area (Å²) in [4.78, 5) is 64.7. The number of nitrogens with zero attached hydrogens (tertiary/aromatic N) is 2. The van der Waals surface area contributed by atoms with Crippen molar-refractivity contribution in [2.75, 3.05) is 13.2 Å². The molecule has 0 amide bonds. The van der Waals surface area contributed by atoms with Crippen molar-refractivity contribution in [2.24, 2.45) is 10.3 Å². The van der Waals surface area contributed by atoms with E-state index in [-0.39, 0.29) is 13.2 Å². The number of hydrogen-bond donors (Lipinski definition) is 0. The molecule has 132 valence electrons. The van der Waals surface area contributed by atoms with Gasteiger partial charge in [0.05, 0.1) is 13.2 Å². The quantitative estimate of drug-likeness (QED) is 0.197. The molecule has 0 heterocycles. The monoisotopic (exact) mass is 344 g/mol. The molecule has 0 rings (SSSR count). The molecular weight excluding hydrogens is 328 g/mol. The predicted octanol–water partition coefficient (Wildman–Crippen LogP) is 0.156. The van der Waals surface area contributed by atoms with Gasteiger partial charge in [-0.3, -0.25) is 19.3 Å². The molecule has 0 atom stereocenters. The second-order valence-corrected chi connectivity index (χ2v) is 3.87. The van der Waals surface area contributed by atoms with Crippen LogP contribution in [0.4, 0.5) is 4.79 Å². The molecule has 0 bridgehead atoms. The highest BCUT2D eigenvalue weighted by molar-refractivity contribution is 6.64. The minimum Gasteiger partial charge on any atom is -0.461 e. The van der Waals surface area contributed by atoms with Crippen molar-refractivity contribution in [2.45, 2.75) is 27.7 Å². The Morgan fingerprint density at radius 1 is 0.708 bits per heavy atom. The normalized spacial score (nSPS) is 11.3. The van der Waals surface area contributed by atoms with E-state index >= 15 is 0 Å². The van der Waals surface area contributed by atoms with E-state index in [2.05, 4.69) is 29.5 Å². The van der Waals surface area contributed by atoms with E-state index in [4.69, 9.17) is 0 Å². The topological polar surface area (TPSA) is 147 Å². The van der Waals surface area contributed by atoms with Crippen LogP contribution in [0.5, 0.6) is 0 Å². The lowest BCUT2D eigenvalue weighted by atomic mass is 10.3. The van der Waals surface area contributed by atoms with Gasteiger partial charge in [-0.2, -0.15) is 4.79 Å². The molecule has 0 radical (unpaired) electrons. The van der Waals surface area contributed by atoms with E-state index < -0.39 is 41.1 Å². The van der Waals surface area contributed by atoms with E-state index in [1.807, 2.05) is 0 Å². The first-order valence-electron chi connectivity index (χ1n) is 6.64. The second kappa shape index (κ2) is 10.6. The lowest BCUT2D eigenvalue weighted by molar-refractivity contribution is -0.137. The molecule has 0 fully saturated rings. The van der Waals surface area contributed by atoms with E-state index in [1.165, 1.54) is 13.8 Å². The summed E-state index contributed by atoms with van der Waals surface area (Å²) in [6.45, 7) is 4.94. The molecule has 0 unspecified atom stereocenters. The second-order valence-electron chi connectivity index (χ2n) is 3.87. The molecule has 0 aromatic heterocycles. The van der Waals surface area contributed by atoms with Crippen molar-refractivity contribution in [1.29, 1.82) is 0 Å². The molecule has 11 nitrogen and oxygen atoms in total. The Morgan fingerprint density at radius 3 is 1.29 bits per heavy atom. The summed E-state index contributed by atoms with van der Waals surface area (Å²) in [5, 5.41) is 5.99. The molecule has 0 aliphatic carbocycles. The highest BCUT2D eigenvalue weighted by atomic mass is 16.8. The largest absolute Gasteiger partial charge is 0.562 e. The zero-order valence-corrected chi connectivity index (χ0v) is 13.5. The Hall–Kier alpha value is -3.11. The third kappa shape index (κ3) is 7.24. The van der Waals surface area contributed by atoms with Crippen LogP contribution in [-0.4, -0.2) is 54.3 Å². The maximum Gasteiger partial charge on any atom is 0.562 e. The van der Waals surface area contributed by atoms with Gasteiger partial charge < -0.3 is 9.47 Å². The van der Waals surface area contributed by atoms with E-state index in [0.29, 0.717) is 0 Å². The highest BCUT2D eigenvalue weighted by Crippen LogP contribution is 1.96. The Balaban J connectivity index is 4.98. The number of hydrogen-bond acceptors (Lipinski definition) is 11.